The number of fused-ring (bicyclic) bond motifs is 1. The highest BCUT2D eigenvalue weighted by Gasteiger charge is 2.13. The molecule has 0 amide bonds. The Morgan fingerprint density at radius 1 is 1.14 bits per heavy atom. The molecule has 1 aromatic heterocycles. The third kappa shape index (κ3) is 2.59. The minimum atomic E-state index is 0.532. The maximum Gasteiger partial charge on any atom is 0.109 e. The summed E-state index contributed by atoms with van der Waals surface area (Å²) < 4.78 is 2.30. The molecule has 1 fully saturated rings. The second kappa shape index (κ2) is 5.38. The van der Waals surface area contributed by atoms with Gasteiger partial charge in [0.15, 0.2) is 0 Å². The number of benzene rings is 1. The zero-order chi connectivity index (χ0) is 14.1. The highest BCUT2D eigenvalue weighted by atomic mass is 15.1. The zero-order valence-corrected chi connectivity index (χ0v) is 12.1. The fraction of sp³-hybridized carbons (Fsp3) is 0.389. The van der Waals surface area contributed by atoms with Crippen molar-refractivity contribution in [2.24, 2.45) is 5.92 Å². The Morgan fingerprint density at radius 3 is 2.71 bits per heavy atom. The molecule has 1 saturated heterocycles. The molecule has 1 aromatic carbocycles. The summed E-state index contributed by atoms with van der Waals surface area (Å²) in [6.07, 6.45) is 5.84. The minimum Gasteiger partial charge on any atom is -0.334 e. The van der Waals surface area contributed by atoms with Crippen LogP contribution in [0.3, 0.4) is 0 Å². The molecule has 2 aliphatic rings. The summed E-state index contributed by atoms with van der Waals surface area (Å²) >= 11 is 0. The van der Waals surface area contributed by atoms with Crippen LogP contribution in [-0.2, 0) is 13.0 Å². The fourth-order valence-electron chi connectivity index (χ4n) is 2.85. The highest BCUT2D eigenvalue weighted by molar-refractivity contribution is 5.60. The van der Waals surface area contributed by atoms with Crippen LogP contribution < -0.4 is 5.32 Å². The van der Waals surface area contributed by atoms with Gasteiger partial charge in [-0.25, -0.2) is 4.98 Å². The van der Waals surface area contributed by atoms with Crippen LogP contribution in [0.1, 0.15) is 24.2 Å². The van der Waals surface area contributed by atoms with Crippen molar-refractivity contribution in [3.8, 4) is 23.1 Å². The molecular weight excluding hydrogens is 258 g/mol. The third-order valence-electron chi connectivity index (χ3n) is 4.29. The van der Waals surface area contributed by atoms with Gasteiger partial charge >= 0.3 is 0 Å². The van der Waals surface area contributed by atoms with Gasteiger partial charge in [0, 0.05) is 49.3 Å². The normalized spacial score (nSPS) is 17.5. The SMILES string of the molecule is C(#CC1CNC1)c1ccc(-c2cn3c(n2)CCCC3)cc1. The lowest BCUT2D eigenvalue weighted by Crippen LogP contribution is -2.40. The molecule has 0 saturated carbocycles. The van der Waals surface area contributed by atoms with Gasteiger partial charge in [-0.15, -0.1) is 0 Å². The highest BCUT2D eigenvalue weighted by Crippen LogP contribution is 2.22. The van der Waals surface area contributed by atoms with Crippen molar-refractivity contribution >= 4 is 0 Å². The van der Waals surface area contributed by atoms with Crippen LogP contribution in [0, 0.1) is 17.8 Å². The van der Waals surface area contributed by atoms with E-state index in [1.54, 1.807) is 0 Å². The summed E-state index contributed by atoms with van der Waals surface area (Å²) in [5, 5.41) is 3.24. The van der Waals surface area contributed by atoms with E-state index in [4.69, 9.17) is 4.98 Å². The molecule has 0 atom stereocenters. The van der Waals surface area contributed by atoms with E-state index in [1.165, 1.54) is 24.2 Å². The first-order chi connectivity index (χ1) is 10.4. The number of hydrogen-bond acceptors (Lipinski definition) is 2. The van der Waals surface area contributed by atoms with Crippen molar-refractivity contribution in [3.05, 3.63) is 41.9 Å². The van der Waals surface area contributed by atoms with Gasteiger partial charge in [0.1, 0.15) is 5.82 Å². The average molecular weight is 277 g/mol. The largest absolute Gasteiger partial charge is 0.334 e. The second-order valence-electron chi connectivity index (χ2n) is 5.89. The van der Waals surface area contributed by atoms with Crippen molar-refractivity contribution in [3.63, 3.8) is 0 Å². The Kier molecular flexibility index (Phi) is 3.25. The predicted molar refractivity (Wildman–Crippen MR) is 83.8 cm³/mol. The topological polar surface area (TPSA) is 29.9 Å². The van der Waals surface area contributed by atoms with Gasteiger partial charge in [0.05, 0.1) is 5.69 Å². The van der Waals surface area contributed by atoms with Gasteiger partial charge in [-0.2, -0.15) is 0 Å². The first-order valence-electron chi connectivity index (χ1n) is 7.77. The van der Waals surface area contributed by atoms with Gasteiger partial charge in [0.2, 0.25) is 0 Å². The lowest BCUT2D eigenvalue weighted by molar-refractivity contribution is 0.432. The summed E-state index contributed by atoms with van der Waals surface area (Å²) in [5.74, 6) is 8.33. The number of nitrogens with one attached hydrogen (secondary N) is 1. The summed E-state index contributed by atoms with van der Waals surface area (Å²) in [5.41, 5.74) is 3.37. The Hall–Kier alpha value is -2.05. The van der Waals surface area contributed by atoms with Gasteiger partial charge in [-0.3, -0.25) is 0 Å². The molecule has 3 heteroatoms. The molecule has 3 heterocycles. The van der Waals surface area contributed by atoms with Crippen LogP contribution in [0.5, 0.6) is 0 Å². The van der Waals surface area contributed by atoms with E-state index in [1.807, 2.05) is 0 Å². The maximum atomic E-state index is 4.77. The first-order valence-corrected chi connectivity index (χ1v) is 7.77. The molecule has 4 rings (SSSR count). The van der Waals surface area contributed by atoms with Crippen LogP contribution >= 0.6 is 0 Å². The van der Waals surface area contributed by atoms with Crippen LogP contribution in [-0.4, -0.2) is 22.6 Å². The van der Waals surface area contributed by atoms with Crippen LogP contribution in [0.2, 0.25) is 0 Å². The van der Waals surface area contributed by atoms with E-state index in [-0.39, 0.29) is 0 Å². The number of imidazole rings is 1. The van der Waals surface area contributed by atoms with Gasteiger partial charge in [-0.05, 0) is 25.0 Å². The van der Waals surface area contributed by atoms with E-state index in [0.717, 1.165) is 37.3 Å². The van der Waals surface area contributed by atoms with E-state index >= 15 is 0 Å². The molecule has 21 heavy (non-hydrogen) atoms. The van der Waals surface area contributed by atoms with Crippen molar-refractivity contribution in [2.75, 3.05) is 13.1 Å². The van der Waals surface area contributed by atoms with Crippen LogP contribution in [0.4, 0.5) is 0 Å². The van der Waals surface area contributed by atoms with E-state index in [2.05, 4.69) is 52.2 Å². The molecule has 2 aliphatic heterocycles. The van der Waals surface area contributed by atoms with Crippen molar-refractivity contribution < 1.29 is 0 Å². The summed E-state index contributed by atoms with van der Waals surface area (Å²) in [6.45, 7) is 3.18. The molecule has 106 valence electrons. The zero-order valence-electron chi connectivity index (χ0n) is 12.1. The molecule has 0 spiro atoms. The Morgan fingerprint density at radius 2 is 2.00 bits per heavy atom. The van der Waals surface area contributed by atoms with Gasteiger partial charge in [0.25, 0.3) is 0 Å². The maximum absolute atomic E-state index is 4.77. The molecular formula is C18H19N3. The number of nitrogens with zero attached hydrogens (tertiary/aromatic N) is 2. The first kappa shape index (κ1) is 12.7. The lowest BCUT2D eigenvalue weighted by atomic mass is 10.0. The molecule has 0 radical (unpaired) electrons. The van der Waals surface area contributed by atoms with Gasteiger partial charge in [-0.1, -0.05) is 24.0 Å². The average Bonchev–Trinajstić information content (AvgIpc) is 2.90. The fourth-order valence-corrected chi connectivity index (χ4v) is 2.85. The lowest BCUT2D eigenvalue weighted by Gasteiger charge is -2.21. The number of aryl methyl sites for hydroxylation is 2. The quantitative estimate of drug-likeness (QED) is 0.812. The molecule has 2 aromatic rings. The number of aromatic nitrogens is 2. The van der Waals surface area contributed by atoms with Crippen molar-refractivity contribution in [2.45, 2.75) is 25.8 Å². The van der Waals surface area contributed by atoms with E-state index in [9.17, 15) is 0 Å². The Bertz CT molecular complexity index is 673. The monoisotopic (exact) mass is 277 g/mol. The smallest absolute Gasteiger partial charge is 0.109 e. The van der Waals surface area contributed by atoms with Crippen LogP contribution in [0.15, 0.2) is 30.5 Å². The van der Waals surface area contributed by atoms with Gasteiger partial charge < -0.3 is 9.88 Å². The van der Waals surface area contributed by atoms with E-state index < -0.39 is 0 Å². The summed E-state index contributed by atoms with van der Waals surface area (Å²) in [7, 11) is 0. The van der Waals surface area contributed by atoms with Crippen molar-refractivity contribution in [1.82, 2.24) is 14.9 Å². The molecule has 0 unspecified atom stereocenters. The van der Waals surface area contributed by atoms with Crippen LogP contribution in [0.25, 0.3) is 11.3 Å². The van der Waals surface area contributed by atoms with E-state index in [0.29, 0.717) is 5.92 Å². The number of rotatable bonds is 1. The third-order valence-corrected chi connectivity index (χ3v) is 4.29. The second-order valence-corrected chi connectivity index (χ2v) is 5.89. The van der Waals surface area contributed by atoms with Crippen molar-refractivity contribution in [1.29, 1.82) is 0 Å². The molecule has 1 N–H and O–H groups in total. The predicted octanol–water partition coefficient (Wildman–Crippen LogP) is 2.46. The Balaban J connectivity index is 1.55. The summed E-state index contributed by atoms with van der Waals surface area (Å²) in [6, 6.07) is 8.48. The number of hydrogen-bond donors (Lipinski definition) is 1. The molecule has 0 bridgehead atoms. The minimum absolute atomic E-state index is 0.532. The molecule has 0 aliphatic carbocycles. The Labute approximate surface area is 125 Å². The standard InChI is InChI=1S/C18H19N3/c1-2-10-21-13-17(20-18(21)3-1)16-8-6-14(7-9-16)4-5-15-11-19-12-15/h6-9,13,15,19H,1-3,10-12H2. The summed E-state index contributed by atoms with van der Waals surface area (Å²) in [4.78, 5) is 4.77. The molecule has 3 nitrogen and oxygen atoms in total.